The summed E-state index contributed by atoms with van der Waals surface area (Å²) in [6, 6.07) is 8.73. The van der Waals surface area contributed by atoms with E-state index in [1.807, 2.05) is 0 Å². The number of carboxylic acid groups (broad SMARTS) is 2. The molecule has 3 rings (SSSR count). The Morgan fingerprint density at radius 3 is 2.18 bits per heavy atom. The van der Waals surface area contributed by atoms with Crippen molar-refractivity contribution in [2.24, 2.45) is 0 Å². The molecule has 0 aliphatic carbocycles. The van der Waals surface area contributed by atoms with Crippen LogP contribution in [-0.4, -0.2) is 40.3 Å². The van der Waals surface area contributed by atoms with Gasteiger partial charge in [0.2, 0.25) is 0 Å². The fourth-order valence-corrected chi connectivity index (χ4v) is 2.52. The van der Waals surface area contributed by atoms with Crippen molar-refractivity contribution >= 4 is 22.9 Å². The topological polar surface area (TPSA) is 136 Å². The van der Waals surface area contributed by atoms with Crippen LogP contribution >= 0.6 is 0 Å². The van der Waals surface area contributed by atoms with E-state index in [0.717, 1.165) is 23.1 Å². The third-order valence-electron chi connectivity index (χ3n) is 3.78. The molecule has 0 saturated heterocycles. The molecule has 0 aliphatic heterocycles. The number of carbonyl (C=O) groups is 2. The standard InChI is InChI=1S/C19H15NO8/c1-10-6-17(21)28-16-9-11(2-3-13(10)16)26-4-5-27-12-7-14(18(22)23)20-15(8-12)19(24)25/h2-3,6-9H,4-5H2,1H3,(H,22,23)(H,24,25). The Balaban J connectivity index is 1.66. The quantitative estimate of drug-likeness (QED) is 0.464. The van der Waals surface area contributed by atoms with E-state index in [1.54, 1.807) is 25.1 Å². The predicted octanol–water partition coefficient (Wildman–Crippen LogP) is 2.35. The fraction of sp³-hybridized carbons (Fsp3) is 0.158. The van der Waals surface area contributed by atoms with E-state index < -0.39 is 29.0 Å². The van der Waals surface area contributed by atoms with Gasteiger partial charge in [0.1, 0.15) is 30.3 Å². The summed E-state index contributed by atoms with van der Waals surface area (Å²) >= 11 is 0. The van der Waals surface area contributed by atoms with Gasteiger partial charge >= 0.3 is 17.6 Å². The number of benzene rings is 1. The van der Waals surface area contributed by atoms with Crippen molar-refractivity contribution < 1.29 is 33.7 Å². The lowest BCUT2D eigenvalue weighted by Gasteiger charge is -2.10. The van der Waals surface area contributed by atoms with Crippen LogP contribution in [-0.2, 0) is 0 Å². The minimum Gasteiger partial charge on any atom is -0.490 e. The van der Waals surface area contributed by atoms with Gasteiger partial charge in [-0.1, -0.05) is 0 Å². The van der Waals surface area contributed by atoms with E-state index in [-0.39, 0.29) is 19.0 Å². The predicted molar refractivity (Wildman–Crippen MR) is 96.4 cm³/mol. The summed E-state index contributed by atoms with van der Waals surface area (Å²) < 4.78 is 16.1. The molecule has 0 aliphatic rings. The molecule has 0 fully saturated rings. The SMILES string of the molecule is Cc1cc(=O)oc2cc(OCCOc3cc(C(=O)O)nc(C(=O)O)c3)ccc12. The van der Waals surface area contributed by atoms with E-state index in [9.17, 15) is 14.4 Å². The maximum absolute atomic E-state index is 11.5. The summed E-state index contributed by atoms with van der Waals surface area (Å²) in [6.45, 7) is 1.92. The number of hydrogen-bond acceptors (Lipinski definition) is 7. The Hall–Kier alpha value is -3.88. The van der Waals surface area contributed by atoms with Crippen LogP contribution in [0.25, 0.3) is 11.0 Å². The zero-order chi connectivity index (χ0) is 20.3. The van der Waals surface area contributed by atoms with E-state index in [2.05, 4.69) is 4.98 Å². The van der Waals surface area contributed by atoms with Gasteiger partial charge in [-0.15, -0.1) is 0 Å². The maximum Gasteiger partial charge on any atom is 0.354 e. The first-order valence-electron chi connectivity index (χ1n) is 8.12. The van der Waals surface area contributed by atoms with E-state index in [0.29, 0.717) is 11.3 Å². The van der Waals surface area contributed by atoms with E-state index in [1.165, 1.54) is 6.07 Å². The van der Waals surface area contributed by atoms with Crippen LogP contribution < -0.4 is 15.1 Å². The molecule has 0 radical (unpaired) electrons. The van der Waals surface area contributed by atoms with Crippen LogP contribution in [0.1, 0.15) is 26.5 Å². The first-order chi connectivity index (χ1) is 13.3. The second kappa shape index (κ2) is 7.78. The monoisotopic (exact) mass is 385 g/mol. The minimum absolute atomic E-state index is 0.0257. The number of aryl methyl sites for hydroxylation is 1. The van der Waals surface area contributed by atoms with Gasteiger partial charge in [0.25, 0.3) is 0 Å². The number of rotatable bonds is 7. The van der Waals surface area contributed by atoms with Crippen LogP contribution in [0.15, 0.2) is 45.6 Å². The smallest absolute Gasteiger partial charge is 0.354 e. The highest BCUT2D eigenvalue weighted by Gasteiger charge is 2.14. The molecule has 0 atom stereocenters. The number of nitrogens with zero attached hydrogens (tertiary/aromatic N) is 1. The van der Waals surface area contributed by atoms with Crippen LogP contribution in [0, 0.1) is 6.92 Å². The highest BCUT2D eigenvalue weighted by atomic mass is 16.5. The molecule has 0 unspecified atom stereocenters. The van der Waals surface area contributed by atoms with Crippen molar-refractivity contribution in [3.8, 4) is 11.5 Å². The highest BCUT2D eigenvalue weighted by molar-refractivity contribution is 5.90. The summed E-state index contributed by atoms with van der Waals surface area (Å²) in [4.78, 5) is 37.0. The van der Waals surface area contributed by atoms with Gasteiger partial charge in [0, 0.05) is 29.7 Å². The number of pyridine rings is 1. The molecular formula is C19H15NO8. The van der Waals surface area contributed by atoms with Gasteiger partial charge in [-0.2, -0.15) is 0 Å². The summed E-state index contributed by atoms with van der Waals surface area (Å²) in [5.74, 6) is -2.22. The third kappa shape index (κ3) is 4.26. The Morgan fingerprint density at radius 1 is 0.964 bits per heavy atom. The molecule has 0 spiro atoms. The molecule has 2 aromatic heterocycles. The molecule has 2 heterocycles. The molecule has 28 heavy (non-hydrogen) atoms. The van der Waals surface area contributed by atoms with Crippen molar-refractivity contribution in [1.82, 2.24) is 4.98 Å². The van der Waals surface area contributed by atoms with Crippen molar-refractivity contribution in [3.05, 3.63) is 63.8 Å². The van der Waals surface area contributed by atoms with Gasteiger partial charge in [-0.25, -0.2) is 19.4 Å². The largest absolute Gasteiger partial charge is 0.490 e. The van der Waals surface area contributed by atoms with Crippen molar-refractivity contribution in [2.75, 3.05) is 13.2 Å². The first kappa shape index (κ1) is 18.9. The molecule has 3 aromatic rings. The van der Waals surface area contributed by atoms with Crippen LogP contribution in [0.5, 0.6) is 11.5 Å². The highest BCUT2D eigenvalue weighted by Crippen LogP contribution is 2.22. The average Bonchev–Trinajstić information content (AvgIpc) is 2.64. The number of hydrogen-bond donors (Lipinski definition) is 2. The Labute approximate surface area is 157 Å². The van der Waals surface area contributed by atoms with E-state index in [4.69, 9.17) is 24.1 Å². The maximum atomic E-state index is 11.5. The number of aromatic carboxylic acids is 2. The fourth-order valence-electron chi connectivity index (χ4n) is 2.52. The first-order valence-corrected chi connectivity index (χ1v) is 8.12. The Kier molecular flexibility index (Phi) is 5.25. The van der Waals surface area contributed by atoms with Crippen molar-refractivity contribution in [1.29, 1.82) is 0 Å². The van der Waals surface area contributed by atoms with Gasteiger partial charge < -0.3 is 24.1 Å². The molecule has 0 bridgehead atoms. The minimum atomic E-state index is -1.36. The van der Waals surface area contributed by atoms with Gasteiger partial charge in [-0.05, 0) is 24.6 Å². The second-order valence-electron chi connectivity index (χ2n) is 5.79. The second-order valence-corrected chi connectivity index (χ2v) is 5.79. The normalized spacial score (nSPS) is 10.6. The molecule has 9 nitrogen and oxygen atoms in total. The zero-order valence-electron chi connectivity index (χ0n) is 14.7. The molecule has 2 N–H and O–H groups in total. The van der Waals surface area contributed by atoms with Gasteiger partial charge in [0.05, 0.1) is 0 Å². The van der Waals surface area contributed by atoms with Gasteiger partial charge in [0.15, 0.2) is 11.4 Å². The number of ether oxygens (including phenoxy) is 2. The molecule has 0 amide bonds. The zero-order valence-corrected chi connectivity index (χ0v) is 14.7. The average molecular weight is 385 g/mol. The summed E-state index contributed by atoms with van der Waals surface area (Å²) in [7, 11) is 0. The van der Waals surface area contributed by atoms with Crippen molar-refractivity contribution in [3.63, 3.8) is 0 Å². The number of fused-ring (bicyclic) bond motifs is 1. The summed E-state index contributed by atoms with van der Waals surface area (Å²) in [6.07, 6.45) is 0. The molecule has 144 valence electrons. The summed E-state index contributed by atoms with van der Waals surface area (Å²) in [5, 5.41) is 18.8. The van der Waals surface area contributed by atoms with E-state index >= 15 is 0 Å². The third-order valence-corrected chi connectivity index (χ3v) is 3.78. The van der Waals surface area contributed by atoms with Crippen LogP contribution in [0.3, 0.4) is 0 Å². The van der Waals surface area contributed by atoms with Crippen molar-refractivity contribution in [2.45, 2.75) is 6.92 Å². The lowest BCUT2D eigenvalue weighted by atomic mass is 10.1. The molecule has 9 heteroatoms. The Morgan fingerprint density at radius 2 is 1.57 bits per heavy atom. The van der Waals surface area contributed by atoms with Crippen LogP contribution in [0.2, 0.25) is 0 Å². The Bertz CT molecular complexity index is 1090. The number of aromatic nitrogens is 1. The number of carboxylic acids is 2. The lowest BCUT2D eigenvalue weighted by Crippen LogP contribution is -2.12. The molecular weight excluding hydrogens is 370 g/mol. The molecule has 0 saturated carbocycles. The lowest BCUT2D eigenvalue weighted by molar-refractivity contribution is 0.0683. The molecule has 1 aromatic carbocycles. The van der Waals surface area contributed by atoms with Crippen LogP contribution in [0.4, 0.5) is 0 Å². The van der Waals surface area contributed by atoms with Gasteiger partial charge in [-0.3, -0.25) is 0 Å². The summed E-state index contributed by atoms with van der Waals surface area (Å²) in [5.41, 5.74) is -0.129.